The maximum Gasteiger partial charge on any atom is 0.389 e. The molecule has 0 radical (unpaired) electrons. The van der Waals surface area contributed by atoms with Crippen molar-refractivity contribution in [3.05, 3.63) is 0 Å². The van der Waals surface area contributed by atoms with E-state index < -0.39 is 18.7 Å². The Kier molecular flexibility index (Phi) is 3.59. The molecule has 1 saturated carbocycles. The molecule has 0 aromatic rings. The van der Waals surface area contributed by atoms with Crippen molar-refractivity contribution < 1.29 is 18.3 Å². The number of rotatable bonds is 2. The highest BCUT2D eigenvalue weighted by Crippen LogP contribution is 2.32. The van der Waals surface area contributed by atoms with E-state index in [-0.39, 0.29) is 12.3 Å². The summed E-state index contributed by atoms with van der Waals surface area (Å²) >= 11 is 0. The molecule has 78 valence electrons. The van der Waals surface area contributed by atoms with E-state index in [1.165, 1.54) is 0 Å². The average Bonchev–Trinajstić information content (AvgIpc) is 2.01. The quantitative estimate of drug-likeness (QED) is 0.720. The summed E-state index contributed by atoms with van der Waals surface area (Å²) in [6.45, 7) is 0. The second-order valence-electron chi connectivity index (χ2n) is 3.77. The van der Waals surface area contributed by atoms with Crippen molar-refractivity contribution >= 4 is 0 Å². The molecule has 1 N–H and O–H groups in total. The predicted molar refractivity (Wildman–Crippen MR) is 43.3 cm³/mol. The van der Waals surface area contributed by atoms with Gasteiger partial charge in [-0.15, -0.1) is 0 Å². The number of aliphatic hydroxyl groups is 1. The zero-order valence-corrected chi connectivity index (χ0v) is 7.48. The molecule has 1 rings (SSSR count). The molecular formula is C9H15F3O. The normalized spacial score (nSPS) is 30.5. The van der Waals surface area contributed by atoms with Crippen LogP contribution in [0.4, 0.5) is 13.2 Å². The summed E-state index contributed by atoms with van der Waals surface area (Å²) in [4.78, 5) is 0. The van der Waals surface area contributed by atoms with Gasteiger partial charge in [0.15, 0.2) is 0 Å². The maximum absolute atomic E-state index is 11.9. The van der Waals surface area contributed by atoms with Gasteiger partial charge >= 0.3 is 6.18 Å². The fourth-order valence-corrected chi connectivity index (χ4v) is 1.87. The molecule has 0 aliphatic heterocycles. The summed E-state index contributed by atoms with van der Waals surface area (Å²) in [5.74, 6) is -0.129. The highest BCUT2D eigenvalue weighted by atomic mass is 19.4. The number of aliphatic hydroxyl groups excluding tert-OH is 1. The van der Waals surface area contributed by atoms with Crippen LogP contribution in [0.5, 0.6) is 0 Å². The van der Waals surface area contributed by atoms with Crippen LogP contribution in [0.15, 0.2) is 0 Å². The van der Waals surface area contributed by atoms with Crippen LogP contribution < -0.4 is 0 Å². The first-order valence-corrected chi connectivity index (χ1v) is 4.74. The molecule has 2 atom stereocenters. The first kappa shape index (κ1) is 10.8. The topological polar surface area (TPSA) is 20.2 Å². The monoisotopic (exact) mass is 196 g/mol. The molecule has 0 amide bonds. The molecule has 1 aliphatic rings. The summed E-state index contributed by atoms with van der Waals surface area (Å²) in [6.07, 6.45) is -1.92. The van der Waals surface area contributed by atoms with Gasteiger partial charge in [-0.25, -0.2) is 0 Å². The summed E-state index contributed by atoms with van der Waals surface area (Å²) in [7, 11) is 0. The van der Waals surface area contributed by atoms with Gasteiger partial charge in [0.2, 0.25) is 0 Å². The van der Waals surface area contributed by atoms with Crippen molar-refractivity contribution in [2.45, 2.75) is 50.8 Å². The van der Waals surface area contributed by atoms with Crippen LogP contribution in [0, 0.1) is 5.92 Å². The number of alkyl halides is 3. The van der Waals surface area contributed by atoms with Crippen LogP contribution >= 0.6 is 0 Å². The molecule has 4 heteroatoms. The highest BCUT2D eigenvalue weighted by Gasteiger charge is 2.31. The van der Waals surface area contributed by atoms with Gasteiger partial charge in [-0.2, -0.15) is 13.2 Å². The van der Waals surface area contributed by atoms with E-state index in [0.717, 1.165) is 19.3 Å². The van der Waals surface area contributed by atoms with Crippen LogP contribution in [-0.2, 0) is 0 Å². The van der Waals surface area contributed by atoms with Gasteiger partial charge in [0.05, 0.1) is 6.10 Å². The van der Waals surface area contributed by atoms with Crippen molar-refractivity contribution in [2.24, 2.45) is 5.92 Å². The summed E-state index contributed by atoms with van der Waals surface area (Å²) in [5.41, 5.74) is 0. The lowest BCUT2D eigenvalue weighted by atomic mass is 9.83. The molecule has 0 heterocycles. The largest absolute Gasteiger partial charge is 0.393 e. The van der Waals surface area contributed by atoms with E-state index in [1.54, 1.807) is 0 Å². The second kappa shape index (κ2) is 4.31. The van der Waals surface area contributed by atoms with Crippen LogP contribution in [0.25, 0.3) is 0 Å². The summed E-state index contributed by atoms with van der Waals surface area (Å²) in [6, 6.07) is 0. The third-order valence-electron chi connectivity index (χ3n) is 2.67. The Balaban J connectivity index is 2.27. The van der Waals surface area contributed by atoms with Crippen molar-refractivity contribution in [2.75, 3.05) is 0 Å². The number of hydrogen-bond donors (Lipinski definition) is 1. The lowest BCUT2D eigenvalue weighted by molar-refractivity contribution is -0.140. The maximum atomic E-state index is 11.9. The predicted octanol–water partition coefficient (Wildman–Crippen LogP) is 2.88. The molecule has 0 aromatic heterocycles. The minimum Gasteiger partial charge on any atom is -0.393 e. The average molecular weight is 196 g/mol. The van der Waals surface area contributed by atoms with Gasteiger partial charge in [0.1, 0.15) is 0 Å². The van der Waals surface area contributed by atoms with Gasteiger partial charge in [-0.3, -0.25) is 0 Å². The van der Waals surface area contributed by atoms with Crippen LogP contribution in [0.3, 0.4) is 0 Å². The first-order chi connectivity index (χ1) is 5.99. The van der Waals surface area contributed by atoms with Crippen LogP contribution in [0.2, 0.25) is 0 Å². The van der Waals surface area contributed by atoms with E-state index >= 15 is 0 Å². The Morgan fingerprint density at radius 3 is 2.31 bits per heavy atom. The SMILES string of the molecule is O[C@@H]1CCCC[C@H]1CCC(F)(F)F. The zero-order chi connectivity index (χ0) is 9.90. The fraction of sp³-hybridized carbons (Fsp3) is 1.00. The van der Waals surface area contributed by atoms with Crippen LogP contribution in [0.1, 0.15) is 38.5 Å². The molecule has 0 aromatic carbocycles. The molecule has 13 heavy (non-hydrogen) atoms. The molecule has 1 nitrogen and oxygen atoms in total. The lowest BCUT2D eigenvalue weighted by Crippen LogP contribution is -2.25. The minimum absolute atomic E-state index is 0.0880. The minimum atomic E-state index is -4.07. The Bertz CT molecular complexity index is 155. The van der Waals surface area contributed by atoms with E-state index in [4.69, 9.17) is 0 Å². The molecular weight excluding hydrogens is 181 g/mol. The molecule has 0 bridgehead atoms. The first-order valence-electron chi connectivity index (χ1n) is 4.74. The van der Waals surface area contributed by atoms with E-state index in [0.29, 0.717) is 6.42 Å². The van der Waals surface area contributed by atoms with Gasteiger partial charge in [-0.1, -0.05) is 12.8 Å². The van der Waals surface area contributed by atoms with Crippen molar-refractivity contribution in [3.8, 4) is 0 Å². The second-order valence-corrected chi connectivity index (χ2v) is 3.77. The zero-order valence-electron chi connectivity index (χ0n) is 7.48. The van der Waals surface area contributed by atoms with Crippen LogP contribution in [-0.4, -0.2) is 17.4 Å². The van der Waals surface area contributed by atoms with Gasteiger partial charge in [-0.05, 0) is 25.2 Å². The summed E-state index contributed by atoms with van der Waals surface area (Å²) < 4.78 is 35.6. The number of halogens is 3. The third-order valence-corrected chi connectivity index (χ3v) is 2.67. The Labute approximate surface area is 75.9 Å². The van der Waals surface area contributed by atoms with Gasteiger partial charge < -0.3 is 5.11 Å². The smallest absolute Gasteiger partial charge is 0.389 e. The van der Waals surface area contributed by atoms with E-state index in [1.807, 2.05) is 0 Å². The molecule has 0 saturated heterocycles. The van der Waals surface area contributed by atoms with Crippen molar-refractivity contribution in [1.29, 1.82) is 0 Å². The summed E-state index contributed by atoms with van der Waals surface area (Å²) in [5, 5.41) is 9.40. The molecule has 1 fully saturated rings. The van der Waals surface area contributed by atoms with Gasteiger partial charge in [0.25, 0.3) is 0 Å². The lowest BCUT2D eigenvalue weighted by Gasteiger charge is -2.27. The number of hydrogen-bond acceptors (Lipinski definition) is 1. The Hall–Kier alpha value is -0.250. The van der Waals surface area contributed by atoms with Crippen molar-refractivity contribution in [1.82, 2.24) is 0 Å². The van der Waals surface area contributed by atoms with Gasteiger partial charge in [0, 0.05) is 6.42 Å². The van der Waals surface area contributed by atoms with E-state index in [9.17, 15) is 18.3 Å². The fourth-order valence-electron chi connectivity index (χ4n) is 1.87. The van der Waals surface area contributed by atoms with Crippen molar-refractivity contribution in [3.63, 3.8) is 0 Å². The molecule has 0 unspecified atom stereocenters. The molecule has 0 spiro atoms. The standard InChI is InChI=1S/C9H15F3O/c10-9(11,12)6-5-7-3-1-2-4-8(7)13/h7-8,13H,1-6H2/t7-,8+/m0/s1. The third kappa shape index (κ3) is 3.98. The highest BCUT2D eigenvalue weighted by molar-refractivity contribution is 4.75. The Morgan fingerprint density at radius 1 is 1.15 bits per heavy atom. The Morgan fingerprint density at radius 2 is 1.77 bits per heavy atom. The van der Waals surface area contributed by atoms with E-state index in [2.05, 4.69) is 0 Å². The molecule has 1 aliphatic carbocycles.